The Balaban J connectivity index is 1.74. The van der Waals surface area contributed by atoms with Gasteiger partial charge in [0.25, 0.3) is 0 Å². The molecular formula is C15H11Cl2N3O3. The first kappa shape index (κ1) is 15.6. The van der Waals surface area contributed by atoms with E-state index >= 15 is 0 Å². The first-order valence-electron chi connectivity index (χ1n) is 6.68. The molecular weight excluding hydrogens is 341 g/mol. The number of amides is 1. The lowest BCUT2D eigenvalue weighted by molar-refractivity contribution is -0.133. The highest BCUT2D eigenvalue weighted by molar-refractivity contribution is 6.31. The summed E-state index contributed by atoms with van der Waals surface area (Å²) in [6.07, 6.45) is 1.44. The molecule has 0 spiro atoms. The Bertz CT molecular complexity index is 765. The molecule has 0 saturated carbocycles. The molecule has 23 heavy (non-hydrogen) atoms. The molecule has 2 aromatic rings. The summed E-state index contributed by atoms with van der Waals surface area (Å²) in [6, 6.07) is 8.08. The second-order valence-electron chi connectivity index (χ2n) is 4.85. The van der Waals surface area contributed by atoms with E-state index in [4.69, 9.17) is 27.9 Å². The number of anilines is 2. The summed E-state index contributed by atoms with van der Waals surface area (Å²) >= 11 is 11.7. The van der Waals surface area contributed by atoms with Gasteiger partial charge in [-0.25, -0.2) is 9.78 Å². The summed E-state index contributed by atoms with van der Waals surface area (Å²) in [5, 5.41) is 3.61. The van der Waals surface area contributed by atoms with Gasteiger partial charge in [-0.3, -0.25) is 4.79 Å². The van der Waals surface area contributed by atoms with Crippen molar-refractivity contribution in [3.8, 4) is 5.75 Å². The van der Waals surface area contributed by atoms with E-state index in [1.165, 1.54) is 6.20 Å². The Morgan fingerprint density at radius 1 is 1.26 bits per heavy atom. The van der Waals surface area contributed by atoms with Gasteiger partial charge in [0, 0.05) is 11.2 Å². The highest BCUT2D eigenvalue weighted by Gasteiger charge is 2.26. The van der Waals surface area contributed by atoms with Gasteiger partial charge in [-0.1, -0.05) is 23.2 Å². The molecule has 6 nitrogen and oxygen atoms in total. The van der Waals surface area contributed by atoms with Crippen LogP contribution >= 0.6 is 23.2 Å². The molecule has 0 saturated heterocycles. The van der Waals surface area contributed by atoms with E-state index in [1.54, 1.807) is 35.2 Å². The summed E-state index contributed by atoms with van der Waals surface area (Å²) in [4.78, 5) is 29.4. The minimum Gasteiger partial charge on any atom is -0.423 e. The minimum atomic E-state index is -0.433. The molecule has 1 aliphatic heterocycles. The second kappa shape index (κ2) is 6.44. The predicted molar refractivity (Wildman–Crippen MR) is 87.2 cm³/mol. The fourth-order valence-electron chi connectivity index (χ4n) is 2.17. The first-order chi connectivity index (χ1) is 11.0. The number of ether oxygens (including phenoxy) is 1. The summed E-state index contributed by atoms with van der Waals surface area (Å²) in [5.41, 5.74) is 0.594. The lowest BCUT2D eigenvalue weighted by atomic mass is 10.2. The van der Waals surface area contributed by atoms with Crippen LogP contribution in [-0.4, -0.2) is 29.9 Å². The number of aromatic nitrogens is 1. The van der Waals surface area contributed by atoms with Crippen molar-refractivity contribution in [1.82, 2.24) is 4.98 Å². The third-order valence-electron chi connectivity index (χ3n) is 3.13. The fourth-order valence-corrected chi connectivity index (χ4v) is 2.44. The molecule has 0 radical (unpaired) electrons. The van der Waals surface area contributed by atoms with Gasteiger partial charge in [0.2, 0.25) is 5.91 Å². The Labute approximate surface area is 142 Å². The van der Waals surface area contributed by atoms with Crippen LogP contribution in [0.3, 0.4) is 0 Å². The third-order valence-corrected chi connectivity index (χ3v) is 3.59. The molecule has 0 fully saturated rings. The van der Waals surface area contributed by atoms with E-state index in [1.807, 2.05) is 0 Å². The minimum absolute atomic E-state index is 0.0329. The maximum Gasteiger partial charge on any atom is 0.331 e. The highest BCUT2D eigenvalue weighted by atomic mass is 35.5. The number of hydrogen-bond acceptors (Lipinski definition) is 5. The predicted octanol–water partition coefficient (Wildman–Crippen LogP) is 2.75. The van der Waals surface area contributed by atoms with Crippen LogP contribution in [0.2, 0.25) is 10.0 Å². The Kier molecular flexibility index (Phi) is 4.36. The van der Waals surface area contributed by atoms with E-state index in [0.717, 1.165) is 0 Å². The average molecular weight is 352 g/mol. The molecule has 3 rings (SSSR count). The Morgan fingerprint density at radius 2 is 2.04 bits per heavy atom. The standard InChI is InChI=1S/C15H11Cl2N3O3/c16-9-1-3-12-11(5-9)20(8-15(22)23-12)7-14(21)19-13-4-2-10(17)6-18-13/h1-6H,7-8H2,(H,18,19,21). The van der Waals surface area contributed by atoms with Gasteiger partial charge < -0.3 is 15.0 Å². The molecule has 1 amide bonds. The Morgan fingerprint density at radius 3 is 2.78 bits per heavy atom. The lowest BCUT2D eigenvalue weighted by Gasteiger charge is -2.29. The van der Waals surface area contributed by atoms with Crippen LogP contribution in [0.25, 0.3) is 0 Å². The zero-order valence-corrected chi connectivity index (χ0v) is 13.3. The van der Waals surface area contributed by atoms with E-state index in [2.05, 4.69) is 10.3 Å². The molecule has 1 aliphatic rings. The van der Waals surface area contributed by atoms with Crippen molar-refractivity contribution < 1.29 is 14.3 Å². The number of nitrogens with one attached hydrogen (secondary N) is 1. The van der Waals surface area contributed by atoms with E-state index in [0.29, 0.717) is 27.3 Å². The maximum absolute atomic E-state index is 12.2. The van der Waals surface area contributed by atoms with Gasteiger partial charge in [0.05, 0.1) is 17.3 Å². The van der Waals surface area contributed by atoms with E-state index in [9.17, 15) is 9.59 Å². The zero-order chi connectivity index (χ0) is 16.4. The topological polar surface area (TPSA) is 71.5 Å². The third kappa shape index (κ3) is 3.72. The van der Waals surface area contributed by atoms with Gasteiger partial charge >= 0.3 is 5.97 Å². The second-order valence-corrected chi connectivity index (χ2v) is 5.72. The van der Waals surface area contributed by atoms with Gasteiger partial charge in [-0.15, -0.1) is 0 Å². The number of carbonyl (C=O) groups is 2. The number of nitrogens with zero attached hydrogens (tertiary/aromatic N) is 2. The fraction of sp³-hybridized carbons (Fsp3) is 0.133. The van der Waals surface area contributed by atoms with Crippen molar-refractivity contribution >= 4 is 46.6 Å². The largest absolute Gasteiger partial charge is 0.423 e. The summed E-state index contributed by atoms with van der Waals surface area (Å²) < 4.78 is 5.13. The SMILES string of the molecule is O=C(CN1CC(=O)Oc2ccc(Cl)cc21)Nc1ccc(Cl)cn1. The van der Waals surface area contributed by atoms with Crippen LogP contribution in [0.1, 0.15) is 0 Å². The lowest BCUT2D eigenvalue weighted by Crippen LogP contribution is -2.41. The smallest absolute Gasteiger partial charge is 0.331 e. The molecule has 118 valence electrons. The van der Waals surface area contributed by atoms with Crippen LogP contribution < -0.4 is 15.0 Å². The average Bonchev–Trinajstić information content (AvgIpc) is 2.50. The normalized spacial score (nSPS) is 13.3. The van der Waals surface area contributed by atoms with Crippen molar-refractivity contribution in [3.63, 3.8) is 0 Å². The molecule has 1 N–H and O–H groups in total. The Hall–Kier alpha value is -2.31. The number of benzene rings is 1. The molecule has 2 heterocycles. The van der Waals surface area contributed by atoms with Crippen molar-refractivity contribution in [1.29, 1.82) is 0 Å². The molecule has 0 aliphatic carbocycles. The van der Waals surface area contributed by atoms with Crippen LogP contribution in [-0.2, 0) is 9.59 Å². The molecule has 1 aromatic carbocycles. The van der Waals surface area contributed by atoms with Crippen LogP contribution in [0, 0.1) is 0 Å². The molecule has 0 unspecified atom stereocenters. The van der Waals surface area contributed by atoms with Gasteiger partial charge in [0.15, 0.2) is 5.75 Å². The first-order valence-corrected chi connectivity index (χ1v) is 7.43. The van der Waals surface area contributed by atoms with E-state index < -0.39 is 5.97 Å². The summed E-state index contributed by atoms with van der Waals surface area (Å²) in [5.74, 6) is 0.00561. The quantitative estimate of drug-likeness (QED) is 0.679. The number of pyridine rings is 1. The molecule has 0 bridgehead atoms. The highest BCUT2D eigenvalue weighted by Crippen LogP contribution is 2.34. The number of hydrogen-bond donors (Lipinski definition) is 1. The van der Waals surface area contributed by atoms with Crippen LogP contribution in [0.5, 0.6) is 5.75 Å². The van der Waals surface area contributed by atoms with E-state index in [-0.39, 0.29) is 19.0 Å². The molecule has 0 atom stereocenters. The van der Waals surface area contributed by atoms with Crippen molar-refractivity contribution in [2.24, 2.45) is 0 Å². The monoisotopic (exact) mass is 351 g/mol. The number of rotatable bonds is 3. The number of esters is 1. The van der Waals surface area contributed by atoms with Gasteiger partial charge in [-0.2, -0.15) is 0 Å². The molecule has 1 aromatic heterocycles. The number of fused-ring (bicyclic) bond motifs is 1. The van der Waals surface area contributed by atoms with Crippen molar-refractivity contribution in [2.75, 3.05) is 23.3 Å². The number of carbonyl (C=O) groups excluding carboxylic acids is 2. The zero-order valence-electron chi connectivity index (χ0n) is 11.8. The number of halogens is 2. The van der Waals surface area contributed by atoms with Gasteiger partial charge in [0.1, 0.15) is 12.4 Å². The van der Waals surface area contributed by atoms with Crippen LogP contribution in [0.15, 0.2) is 36.5 Å². The maximum atomic E-state index is 12.2. The van der Waals surface area contributed by atoms with Gasteiger partial charge in [-0.05, 0) is 30.3 Å². The summed E-state index contributed by atoms with van der Waals surface area (Å²) in [6.45, 7) is -0.0679. The van der Waals surface area contributed by atoms with Crippen molar-refractivity contribution in [2.45, 2.75) is 0 Å². The molecule has 8 heteroatoms. The summed E-state index contributed by atoms with van der Waals surface area (Å²) in [7, 11) is 0. The van der Waals surface area contributed by atoms with Crippen molar-refractivity contribution in [3.05, 3.63) is 46.6 Å². The van der Waals surface area contributed by atoms with Crippen LogP contribution in [0.4, 0.5) is 11.5 Å².